The molecule has 0 atom stereocenters. The van der Waals surface area contributed by atoms with Crippen molar-refractivity contribution < 1.29 is 19.4 Å². The highest BCUT2D eigenvalue weighted by Gasteiger charge is 2.13. The number of nitrogens with one attached hydrogen (secondary N) is 1. The molecule has 0 unspecified atom stereocenters. The van der Waals surface area contributed by atoms with Crippen molar-refractivity contribution in [1.82, 2.24) is 0 Å². The van der Waals surface area contributed by atoms with Gasteiger partial charge in [0.25, 0.3) is 5.91 Å². The van der Waals surface area contributed by atoms with Crippen molar-refractivity contribution in [3.05, 3.63) is 93.5 Å². The third-order valence-corrected chi connectivity index (χ3v) is 4.80. The largest absolute Gasteiger partial charge is 0.489 e. The molecule has 148 valence electrons. The van der Waals surface area contributed by atoms with Crippen LogP contribution >= 0.6 is 23.2 Å². The zero-order valence-corrected chi connectivity index (χ0v) is 16.7. The van der Waals surface area contributed by atoms with Crippen molar-refractivity contribution in [2.24, 2.45) is 0 Å². The molecule has 0 heterocycles. The minimum atomic E-state index is -0.915. The molecule has 3 aromatic carbocycles. The van der Waals surface area contributed by atoms with Crippen LogP contribution in [0.1, 0.15) is 21.5 Å². The fourth-order valence-corrected chi connectivity index (χ4v) is 3.02. The predicted molar refractivity (Wildman–Crippen MR) is 113 cm³/mol. The van der Waals surface area contributed by atoms with Crippen molar-refractivity contribution in [3.63, 3.8) is 0 Å². The summed E-state index contributed by atoms with van der Waals surface area (Å²) < 4.78 is 5.74. The SMILES string of the molecule is O=C(O)Cc1ccc(NC(=O)c2cc(OCc3ccccc3Cl)ccc2Cl)cc1. The minimum Gasteiger partial charge on any atom is -0.489 e. The Labute approximate surface area is 177 Å². The molecule has 29 heavy (non-hydrogen) atoms. The number of anilines is 1. The van der Waals surface area contributed by atoms with Gasteiger partial charge in [0.1, 0.15) is 12.4 Å². The zero-order chi connectivity index (χ0) is 20.8. The van der Waals surface area contributed by atoms with Crippen LogP contribution in [-0.2, 0) is 17.8 Å². The van der Waals surface area contributed by atoms with E-state index in [-0.39, 0.29) is 23.6 Å². The van der Waals surface area contributed by atoms with Gasteiger partial charge in [-0.3, -0.25) is 9.59 Å². The van der Waals surface area contributed by atoms with Crippen molar-refractivity contribution in [3.8, 4) is 5.75 Å². The lowest BCUT2D eigenvalue weighted by Crippen LogP contribution is -2.13. The van der Waals surface area contributed by atoms with Gasteiger partial charge in [-0.05, 0) is 42.0 Å². The summed E-state index contributed by atoms with van der Waals surface area (Å²) in [5.41, 5.74) is 2.26. The maximum absolute atomic E-state index is 12.6. The van der Waals surface area contributed by atoms with E-state index in [1.807, 2.05) is 18.2 Å². The van der Waals surface area contributed by atoms with Crippen molar-refractivity contribution >= 4 is 40.8 Å². The molecular weight excluding hydrogens is 413 g/mol. The summed E-state index contributed by atoms with van der Waals surface area (Å²) in [5, 5.41) is 12.4. The Morgan fingerprint density at radius 2 is 1.66 bits per heavy atom. The second-order valence-corrected chi connectivity index (χ2v) is 7.06. The second kappa shape index (κ2) is 9.45. The molecule has 3 rings (SSSR count). The number of carboxylic acid groups (broad SMARTS) is 1. The highest BCUT2D eigenvalue weighted by Crippen LogP contribution is 2.25. The summed E-state index contributed by atoms with van der Waals surface area (Å²) in [6.45, 7) is 0.257. The quantitative estimate of drug-likeness (QED) is 0.523. The highest BCUT2D eigenvalue weighted by molar-refractivity contribution is 6.34. The smallest absolute Gasteiger partial charge is 0.307 e. The summed E-state index contributed by atoms with van der Waals surface area (Å²) in [5.74, 6) is -0.831. The molecule has 0 aliphatic rings. The topological polar surface area (TPSA) is 75.6 Å². The van der Waals surface area contributed by atoms with Gasteiger partial charge in [-0.25, -0.2) is 0 Å². The van der Waals surface area contributed by atoms with Gasteiger partial charge in [0.05, 0.1) is 17.0 Å². The van der Waals surface area contributed by atoms with Crippen LogP contribution < -0.4 is 10.1 Å². The van der Waals surface area contributed by atoms with E-state index in [0.717, 1.165) is 5.56 Å². The van der Waals surface area contributed by atoms with Crippen LogP contribution in [0.2, 0.25) is 10.0 Å². The second-order valence-electron chi connectivity index (χ2n) is 6.24. The van der Waals surface area contributed by atoms with Crippen LogP contribution in [-0.4, -0.2) is 17.0 Å². The number of carbonyl (C=O) groups is 2. The maximum Gasteiger partial charge on any atom is 0.307 e. The fraction of sp³-hybridized carbons (Fsp3) is 0.0909. The van der Waals surface area contributed by atoms with Gasteiger partial charge in [0.2, 0.25) is 0 Å². The van der Waals surface area contributed by atoms with Crippen LogP contribution in [0, 0.1) is 0 Å². The molecule has 5 nitrogen and oxygen atoms in total. The summed E-state index contributed by atoms with van der Waals surface area (Å²) >= 11 is 12.3. The first-order valence-corrected chi connectivity index (χ1v) is 9.46. The van der Waals surface area contributed by atoms with Crippen molar-refractivity contribution in [2.45, 2.75) is 13.0 Å². The fourth-order valence-electron chi connectivity index (χ4n) is 2.62. The van der Waals surface area contributed by atoms with Gasteiger partial charge in [0.15, 0.2) is 0 Å². The van der Waals surface area contributed by atoms with Crippen LogP contribution in [0.4, 0.5) is 5.69 Å². The molecule has 2 N–H and O–H groups in total. The van der Waals surface area contributed by atoms with Crippen molar-refractivity contribution in [1.29, 1.82) is 0 Å². The molecule has 0 aliphatic carbocycles. The number of amides is 1. The predicted octanol–water partition coefficient (Wildman–Crippen LogP) is 5.45. The molecular formula is C22H17Cl2NO4. The number of ether oxygens (including phenoxy) is 1. The molecule has 0 bridgehead atoms. The lowest BCUT2D eigenvalue weighted by molar-refractivity contribution is -0.136. The number of rotatable bonds is 7. The number of halogens is 2. The molecule has 3 aromatic rings. The molecule has 0 spiro atoms. The average molecular weight is 430 g/mol. The van der Waals surface area contributed by atoms with E-state index in [4.69, 9.17) is 33.0 Å². The summed E-state index contributed by atoms with van der Waals surface area (Å²) in [6, 6.07) is 18.8. The van der Waals surface area contributed by atoms with E-state index in [1.165, 1.54) is 0 Å². The third-order valence-electron chi connectivity index (χ3n) is 4.10. The number of hydrogen-bond donors (Lipinski definition) is 2. The molecule has 0 aliphatic heterocycles. The Kier molecular flexibility index (Phi) is 6.75. The Balaban J connectivity index is 1.69. The number of carboxylic acids is 1. The number of benzene rings is 3. The number of hydrogen-bond acceptors (Lipinski definition) is 3. The summed E-state index contributed by atoms with van der Waals surface area (Å²) in [4.78, 5) is 23.4. The Bertz CT molecular complexity index is 1040. The van der Waals surface area contributed by atoms with E-state index in [2.05, 4.69) is 5.32 Å². The molecule has 0 radical (unpaired) electrons. The average Bonchev–Trinajstić information content (AvgIpc) is 2.69. The Morgan fingerprint density at radius 1 is 0.931 bits per heavy atom. The molecule has 0 fully saturated rings. The lowest BCUT2D eigenvalue weighted by Gasteiger charge is -2.11. The summed E-state index contributed by atoms with van der Waals surface area (Å²) in [7, 11) is 0. The van der Waals surface area contributed by atoms with E-state index in [9.17, 15) is 9.59 Å². The molecule has 0 saturated carbocycles. The number of carbonyl (C=O) groups excluding carboxylic acids is 1. The first-order valence-electron chi connectivity index (χ1n) is 8.70. The highest BCUT2D eigenvalue weighted by atomic mass is 35.5. The third kappa shape index (κ3) is 5.73. The number of aliphatic carboxylic acids is 1. The van der Waals surface area contributed by atoms with Crippen LogP contribution in [0.15, 0.2) is 66.7 Å². The monoisotopic (exact) mass is 429 g/mol. The van der Waals surface area contributed by atoms with Gasteiger partial charge < -0.3 is 15.2 Å². The lowest BCUT2D eigenvalue weighted by atomic mass is 10.1. The van der Waals surface area contributed by atoms with Gasteiger partial charge in [0, 0.05) is 16.3 Å². The zero-order valence-electron chi connectivity index (χ0n) is 15.2. The van der Waals surface area contributed by atoms with Crippen LogP contribution in [0.25, 0.3) is 0 Å². The minimum absolute atomic E-state index is 0.0785. The normalized spacial score (nSPS) is 10.4. The summed E-state index contributed by atoms with van der Waals surface area (Å²) in [6.07, 6.45) is -0.0785. The van der Waals surface area contributed by atoms with Crippen molar-refractivity contribution in [2.75, 3.05) is 5.32 Å². The van der Waals surface area contributed by atoms with E-state index in [1.54, 1.807) is 48.5 Å². The van der Waals surface area contributed by atoms with E-state index >= 15 is 0 Å². The standard InChI is InChI=1S/C22H17Cl2NO4/c23-19-4-2-1-3-15(19)13-29-17-9-10-20(24)18(12-17)22(28)25-16-7-5-14(6-8-16)11-21(26)27/h1-10,12H,11,13H2,(H,25,28)(H,26,27). The molecule has 7 heteroatoms. The first-order chi connectivity index (χ1) is 13.9. The van der Waals surface area contributed by atoms with Gasteiger partial charge >= 0.3 is 5.97 Å². The molecule has 0 aromatic heterocycles. The van der Waals surface area contributed by atoms with Crippen LogP contribution in [0.5, 0.6) is 5.75 Å². The molecule has 1 amide bonds. The van der Waals surface area contributed by atoms with Gasteiger partial charge in [-0.15, -0.1) is 0 Å². The Hall–Kier alpha value is -3.02. The Morgan fingerprint density at radius 3 is 2.34 bits per heavy atom. The molecule has 0 saturated heterocycles. The van der Waals surface area contributed by atoms with E-state index < -0.39 is 11.9 Å². The van der Waals surface area contributed by atoms with E-state index in [0.29, 0.717) is 22.0 Å². The van der Waals surface area contributed by atoms with Crippen LogP contribution in [0.3, 0.4) is 0 Å². The van der Waals surface area contributed by atoms with Gasteiger partial charge in [-0.1, -0.05) is 53.5 Å². The van der Waals surface area contributed by atoms with Gasteiger partial charge in [-0.2, -0.15) is 0 Å². The maximum atomic E-state index is 12.6. The first kappa shape index (κ1) is 20.7.